The summed E-state index contributed by atoms with van der Waals surface area (Å²) in [5.74, 6) is 2.38. The quantitative estimate of drug-likeness (QED) is 0.381. The maximum absolute atomic E-state index is 12.4. The molecule has 1 atom stereocenters. The highest BCUT2D eigenvalue weighted by atomic mass is 16.5. The number of carbonyl (C=O) groups is 1. The minimum absolute atomic E-state index is 0.0603. The highest BCUT2D eigenvalue weighted by molar-refractivity contribution is 5.94. The molecule has 1 aromatic heterocycles. The van der Waals surface area contributed by atoms with E-state index in [9.17, 15) is 4.79 Å². The number of likely N-dealkylation sites (N-methyl/N-ethyl adjacent to an activating group) is 1. The number of aromatic nitrogens is 3. The van der Waals surface area contributed by atoms with E-state index < -0.39 is 0 Å². The molecule has 2 heterocycles. The van der Waals surface area contributed by atoms with Gasteiger partial charge in [0.2, 0.25) is 0 Å². The molecular formula is C22H34N8O2. The van der Waals surface area contributed by atoms with Crippen LogP contribution in [0.2, 0.25) is 0 Å². The van der Waals surface area contributed by atoms with Gasteiger partial charge in [-0.05, 0) is 38.2 Å². The highest BCUT2D eigenvalue weighted by Crippen LogP contribution is 2.13. The molecule has 1 aromatic carbocycles. The zero-order valence-corrected chi connectivity index (χ0v) is 19.4. The predicted octanol–water partition coefficient (Wildman–Crippen LogP) is 0.396. The van der Waals surface area contributed by atoms with Gasteiger partial charge in [-0.25, -0.2) is 9.67 Å². The summed E-state index contributed by atoms with van der Waals surface area (Å²) in [7, 11) is 7.37. The van der Waals surface area contributed by atoms with Crippen molar-refractivity contribution in [3.05, 3.63) is 47.0 Å². The van der Waals surface area contributed by atoms with Gasteiger partial charge in [0, 0.05) is 51.8 Å². The van der Waals surface area contributed by atoms with Crippen molar-refractivity contribution in [3.8, 4) is 0 Å². The van der Waals surface area contributed by atoms with E-state index in [1.807, 2.05) is 47.9 Å². The van der Waals surface area contributed by atoms with Crippen molar-refractivity contribution in [2.75, 3.05) is 41.3 Å². The maximum Gasteiger partial charge on any atom is 0.251 e. The van der Waals surface area contributed by atoms with Crippen molar-refractivity contribution in [1.82, 2.24) is 35.6 Å². The van der Waals surface area contributed by atoms with Gasteiger partial charge < -0.3 is 25.6 Å². The average molecular weight is 443 g/mol. The standard InChI is InChI=1S/C22H34N8O2/c1-23-22(26-18-8-9-20-27-19(15-32-4)28-30(20)14-18)25-13-16-6-5-7-17(12-16)21(31)24-10-11-29(2)3/h5-7,12,18H,8-11,13-15H2,1-4H3,(H,24,31)(H2,23,25,26). The number of nitrogens with zero attached hydrogens (tertiary/aromatic N) is 5. The fourth-order valence-corrected chi connectivity index (χ4v) is 3.56. The van der Waals surface area contributed by atoms with E-state index in [2.05, 4.69) is 31.0 Å². The van der Waals surface area contributed by atoms with E-state index in [0.29, 0.717) is 25.3 Å². The summed E-state index contributed by atoms with van der Waals surface area (Å²) in [5, 5.41) is 14.3. The number of rotatable bonds is 9. The van der Waals surface area contributed by atoms with Crippen LogP contribution in [0.15, 0.2) is 29.3 Å². The summed E-state index contributed by atoms with van der Waals surface area (Å²) in [6, 6.07) is 7.84. The van der Waals surface area contributed by atoms with Crippen LogP contribution in [0.5, 0.6) is 0 Å². The first-order chi connectivity index (χ1) is 15.5. The van der Waals surface area contributed by atoms with Crippen LogP contribution in [-0.4, -0.2) is 78.9 Å². The molecule has 3 N–H and O–H groups in total. The topological polar surface area (TPSA) is 109 Å². The van der Waals surface area contributed by atoms with Crippen LogP contribution in [0.3, 0.4) is 0 Å². The number of fused-ring (bicyclic) bond motifs is 1. The van der Waals surface area contributed by atoms with Crippen LogP contribution >= 0.6 is 0 Å². The Labute approximate surface area is 189 Å². The van der Waals surface area contributed by atoms with Crippen LogP contribution in [0, 0.1) is 0 Å². The van der Waals surface area contributed by atoms with E-state index >= 15 is 0 Å². The number of guanidine groups is 1. The third kappa shape index (κ3) is 6.76. The van der Waals surface area contributed by atoms with Crippen LogP contribution in [0.4, 0.5) is 0 Å². The molecule has 1 aliphatic heterocycles. The molecule has 0 saturated heterocycles. The molecule has 0 radical (unpaired) electrons. The van der Waals surface area contributed by atoms with Crippen LogP contribution in [0.25, 0.3) is 0 Å². The lowest BCUT2D eigenvalue weighted by Gasteiger charge is -2.25. The molecule has 10 nitrogen and oxygen atoms in total. The van der Waals surface area contributed by atoms with Crippen LogP contribution in [0.1, 0.15) is 34.0 Å². The van der Waals surface area contributed by atoms with Crippen molar-refractivity contribution in [1.29, 1.82) is 0 Å². The SMILES string of the molecule is CN=C(NCc1cccc(C(=O)NCCN(C)C)c1)NC1CCc2nc(COC)nn2C1. The smallest absolute Gasteiger partial charge is 0.251 e. The molecule has 1 aliphatic rings. The molecule has 0 saturated carbocycles. The zero-order chi connectivity index (χ0) is 22.9. The third-order valence-electron chi connectivity index (χ3n) is 5.23. The molecule has 174 valence electrons. The summed E-state index contributed by atoms with van der Waals surface area (Å²) in [6.45, 7) is 3.15. The normalized spacial score (nSPS) is 16.0. The Hall–Kier alpha value is -2.98. The van der Waals surface area contributed by atoms with E-state index in [4.69, 9.17) is 4.74 Å². The Kier molecular flexibility index (Phi) is 8.57. The number of nitrogens with one attached hydrogen (secondary N) is 3. The maximum atomic E-state index is 12.4. The summed E-state index contributed by atoms with van der Waals surface area (Å²) >= 11 is 0. The lowest BCUT2D eigenvalue weighted by Crippen LogP contribution is -2.46. The van der Waals surface area contributed by atoms with E-state index in [1.54, 1.807) is 14.2 Å². The van der Waals surface area contributed by atoms with E-state index in [0.717, 1.165) is 49.1 Å². The second-order valence-electron chi connectivity index (χ2n) is 8.12. The molecule has 0 bridgehead atoms. The van der Waals surface area contributed by atoms with Crippen molar-refractivity contribution < 1.29 is 9.53 Å². The minimum atomic E-state index is -0.0603. The molecule has 0 fully saturated rings. The first-order valence-electron chi connectivity index (χ1n) is 10.9. The summed E-state index contributed by atoms with van der Waals surface area (Å²) in [5.41, 5.74) is 1.67. The third-order valence-corrected chi connectivity index (χ3v) is 5.23. The number of aryl methyl sites for hydroxylation is 1. The lowest BCUT2D eigenvalue weighted by molar-refractivity contribution is 0.0951. The fraction of sp³-hybridized carbons (Fsp3) is 0.545. The van der Waals surface area contributed by atoms with Crippen molar-refractivity contribution in [2.24, 2.45) is 4.99 Å². The van der Waals surface area contributed by atoms with Gasteiger partial charge in [-0.2, -0.15) is 5.10 Å². The molecule has 10 heteroatoms. The number of aliphatic imine (C=N–C) groups is 1. The monoisotopic (exact) mass is 442 g/mol. The van der Waals surface area contributed by atoms with Gasteiger partial charge in [0.25, 0.3) is 5.91 Å². The first kappa shape index (κ1) is 23.7. The molecule has 3 rings (SSSR count). The highest BCUT2D eigenvalue weighted by Gasteiger charge is 2.22. The molecule has 0 spiro atoms. The van der Waals surface area contributed by atoms with Gasteiger partial charge in [-0.15, -0.1) is 0 Å². The molecule has 0 aliphatic carbocycles. The average Bonchev–Trinajstić information content (AvgIpc) is 3.18. The summed E-state index contributed by atoms with van der Waals surface area (Å²) < 4.78 is 7.08. The Morgan fingerprint density at radius 2 is 2.19 bits per heavy atom. The number of ether oxygens (including phenoxy) is 1. The largest absolute Gasteiger partial charge is 0.377 e. The molecule has 1 unspecified atom stereocenters. The van der Waals surface area contributed by atoms with Gasteiger partial charge in [0.05, 0.1) is 6.54 Å². The van der Waals surface area contributed by atoms with Gasteiger partial charge in [-0.3, -0.25) is 9.79 Å². The van der Waals surface area contributed by atoms with Crippen molar-refractivity contribution in [2.45, 2.75) is 38.6 Å². The second-order valence-corrected chi connectivity index (χ2v) is 8.12. The number of hydrogen-bond acceptors (Lipinski definition) is 6. The second kappa shape index (κ2) is 11.6. The number of methoxy groups -OCH3 is 1. The minimum Gasteiger partial charge on any atom is -0.377 e. The molecule has 2 aromatic rings. The molecular weight excluding hydrogens is 408 g/mol. The Balaban J connectivity index is 1.51. The Morgan fingerprint density at radius 1 is 1.34 bits per heavy atom. The number of benzene rings is 1. The number of carbonyl (C=O) groups excluding carboxylic acids is 1. The Bertz CT molecular complexity index is 924. The van der Waals surface area contributed by atoms with Gasteiger partial charge in [-0.1, -0.05) is 12.1 Å². The molecule has 32 heavy (non-hydrogen) atoms. The predicted molar refractivity (Wildman–Crippen MR) is 124 cm³/mol. The van der Waals surface area contributed by atoms with Gasteiger partial charge in [0.1, 0.15) is 12.4 Å². The van der Waals surface area contributed by atoms with Crippen LogP contribution < -0.4 is 16.0 Å². The summed E-state index contributed by atoms with van der Waals surface area (Å²) in [4.78, 5) is 23.3. The fourth-order valence-electron chi connectivity index (χ4n) is 3.56. The lowest BCUT2D eigenvalue weighted by atomic mass is 10.1. The molecule has 1 amide bonds. The van der Waals surface area contributed by atoms with Crippen LogP contribution in [-0.2, 0) is 30.9 Å². The van der Waals surface area contributed by atoms with Crippen molar-refractivity contribution in [3.63, 3.8) is 0 Å². The number of hydrogen-bond donors (Lipinski definition) is 3. The zero-order valence-electron chi connectivity index (χ0n) is 19.4. The Morgan fingerprint density at radius 3 is 2.94 bits per heavy atom. The van der Waals surface area contributed by atoms with E-state index in [-0.39, 0.29) is 11.9 Å². The van der Waals surface area contributed by atoms with Gasteiger partial charge >= 0.3 is 0 Å². The summed E-state index contributed by atoms with van der Waals surface area (Å²) in [6.07, 6.45) is 1.81. The first-order valence-corrected chi connectivity index (χ1v) is 10.9. The van der Waals surface area contributed by atoms with Crippen molar-refractivity contribution >= 4 is 11.9 Å². The van der Waals surface area contributed by atoms with E-state index in [1.165, 1.54) is 0 Å². The number of amides is 1. The van der Waals surface area contributed by atoms with Gasteiger partial charge in [0.15, 0.2) is 11.8 Å².